The summed E-state index contributed by atoms with van der Waals surface area (Å²) >= 11 is 0. The predicted octanol–water partition coefficient (Wildman–Crippen LogP) is 4.15. The third kappa shape index (κ3) is 2.39. The molecule has 154 valence electrons. The molecule has 0 unspecified atom stereocenters. The van der Waals surface area contributed by atoms with Gasteiger partial charge in [0.2, 0.25) is 9.84 Å². The molecule has 1 saturated carbocycles. The summed E-state index contributed by atoms with van der Waals surface area (Å²) in [5.74, 6) is -0.570. The molecule has 6 rings (SSSR count). The summed E-state index contributed by atoms with van der Waals surface area (Å²) in [6.45, 7) is 0.608. The van der Waals surface area contributed by atoms with Gasteiger partial charge in [0.15, 0.2) is 5.78 Å². The number of sulfone groups is 1. The summed E-state index contributed by atoms with van der Waals surface area (Å²) < 4.78 is 26.4. The average Bonchev–Trinajstić information content (AvgIpc) is 3.13. The number of benzene rings is 3. The number of carbonyl (C=O) groups excluding carboxylic acids is 2. The van der Waals surface area contributed by atoms with Gasteiger partial charge in [0, 0.05) is 34.3 Å². The van der Waals surface area contributed by atoms with Crippen LogP contribution in [0.15, 0.2) is 76.5 Å². The van der Waals surface area contributed by atoms with Crippen molar-refractivity contribution in [1.29, 1.82) is 0 Å². The van der Waals surface area contributed by atoms with E-state index in [0.717, 1.165) is 24.9 Å². The normalized spacial score (nSPS) is 19.4. The van der Waals surface area contributed by atoms with Crippen LogP contribution in [0.25, 0.3) is 0 Å². The minimum atomic E-state index is -3.88. The zero-order valence-electron chi connectivity index (χ0n) is 16.7. The molecule has 0 radical (unpaired) electrons. The van der Waals surface area contributed by atoms with Gasteiger partial charge in [-0.1, -0.05) is 36.8 Å². The highest BCUT2D eigenvalue weighted by Crippen LogP contribution is 2.52. The van der Waals surface area contributed by atoms with Crippen LogP contribution < -0.4 is 4.90 Å². The molecule has 31 heavy (non-hydrogen) atoms. The number of ketones is 1. The first-order valence-corrected chi connectivity index (χ1v) is 11.8. The molecule has 3 aliphatic rings. The molecule has 1 aliphatic carbocycles. The van der Waals surface area contributed by atoms with E-state index < -0.39 is 9.84 Å². The number of amides is 1. The summed E-state index contributed by atoms with van der Waals surface area (Å²) in [5.41, 5.74) is 2.68. The molecule has 3 aromatic rings. The lowest BCUT2D eigenvalue weighted by Gasteiger charge is -2.39. The first-order valence-electron chi connectivity index (χ1n) is 10.4. The molecule has 5 nitrogen and oxygen atoms in total. The Morgan fingerprint density at radius 2 is 1.58 bits per heavy atom. The molecule has 2 heterocycles. The number of rotatable bonds is 1. The number of carbonyl (C=O) groups is 2. The van der Waals surface area contributed by atoms with E-state index in [4.69, 9.17) is 0 Å². The molecule has 0 atom stereocenters. The molecule has 3 aromatic carbocycles. The van der Waals surface area contributed by atoms with E-state index in [1.807, 2.05) is 18.2 Å². The third-order valence-corrected chi connectivity index (χ3v) is 8.82. The Morgan fingerprint density at radius 3 is 2.35 bits per heavy atom. The molecular weight excluding hydrogens is 410 g/mol. The van der Waals surface area contributed by atoms with Crippen LogP contribution in [-0.2, 0) is 15.3 Å². The highest BCUT2D eigenvalue weighted by molar-refractivity contribution is 7.91. The fourth-order valence-electron chi connectivity index (χ4n) is 5.22. The number of nitrogens with zero attached hydrogens (tertiary/aromatic N) is 1. The molecule has 1 amide bonds. The van der Waals surface area contributed by atoms with Crippen LogP contribution in [0.5, 0.6) is 0 Å². The first kappa shape index (κ1) is 18.5. The quantitative estimate of drug-likeness (QED) is 0.456. The molecule has 0 aromatic heterocycles. The minimum absolute atomic E-state index is 0.00274. The van der Waals surface area contributed by atoms with Gasteiger partial charge in [-0.2, -0.15) is 0 Å². The van der Waals surface area contributed by atoms with Gasteiger partial charge in [0.05, 0.1) is 9.79 Å². The zero-order valence-corrected chi connectivity index (χ0v) is 17.5. The van der Waals surface area contributed by atoms with Gasteiger partial charge in [-0.05, 0) is 54.8 Å². The van der Waals surface area contributed by atoms with E-state index in [1.165, 1.54) is 29.8 Å². The standard InChI is InChI=1S/C25H19NO4S/c27-23-17-6-1-4-9-21(17)31(29,30)22-14-16(10-11-18(22)23)24(28)26-15-25(12-5-13-25)19-7-2-3-8-20(19)26/h1-4,6-11,14H,5,12-13,15H2. The number of para-hydroxylation sites is 1. The third-order valence-electron chi connectivity index (χ3n) is 6.97. The lowest BCUT2D eigenvalue weighted by atomic mass is 9.66. The van der Waals surface area contributed by atoms with E-state index in [9.17, 15) is 18.0 Å². The van der Waals surface area contributed by atoms with Crippen LogP contribution in [0.1, 0.15) is 51.1 Å². The van der Waals surface area contributed by atoms with E-state index in [0.29, 0.717) is 6.54 Å². The first-order chi connectivity index (χ1) is 14.9. The molecule has 1 fully saturated rings. The lowest BCUT2D eigenvalue weighted by Crippen LogP contribution is -2.41. The van der Waals surface area contributed by atoms with Gasteiger partial charge < -0.3 is 4.90 Å². The molecular formula is C25H19NO4S. The second kappa shape index (κ2) is 6.14. The van der Waals surface area contributed by atoms with Gasteiger partial charge in [0.1, 0.15) is 0 Å². The van der Waals surface area contributed by atoms with Crippen molar-refractivity contribution in [3.8, 4) is 0 Å². The van der Waals surface area contributed by atoms with E-state index in [-0.39, 0.29) is 43.6 Å². The van der Waals surface area contributed by atoms with Crippen LogP contribution in [0.2, 0.25) is 0 Å². The molecule has 6 heteroatoms. The topological polar surface area (TPSA) is 71.5 Å². The van der Waals surface area contributed by atoms with Crippen molar-refractivity contribution in [2.24, 2.45) is 0 Å². The number of fused-ring (bicyclic) bond motifs is 4. The van der Waals surface area contributed by atoms with Gasteiger partial charge >= 0.3 is 0 Å². The highest BCUT2D eigenvalue weighted by atomic mass is 32.2. The zero-order chi connectivity index (χ0) is 21.4. The van der Waals surface area contributed by atoms with Gasteiger partial charge in [0.25, 0.3) is 5.91 Å². The lowest BCUT2D eigenvalue weighted by molar-refractivity contribution is 0.0976. The Balaban J connectivity index is 1.45. The monoisotopic (exact) mass is 429 g/mol. The Bertz CT molecular complexity index is 1400. The number of anilines is 1. The second-order valence-corrected chi connectivity index (χ2v) is 10.5. The smallest absolute Gasteiger partial charge is 0.258 e. The predicted molar refractivity (Wildman–Crippen MR) is 115 cm³/mol. The molecule has 1 spiro atoms. The van der Waals surface area contributed by atoms with Crippen molar-refractivity contribution in [2.45, 2.75) is 34.5 Å². The van der Waals surface area contributed by atoms with Crippen LogP contribution >= 0.6 is 0 Å². The Labute approximate surface area is 180 Å². The summed E-state index contributed by atoms with van der Waals surface area (Å²) in [4.78, 5) is 28.0. The van der Waals surface area contributed by atoms with Gasteiger partial charge in [-0.3, -0.25) is 9.59 Å². The summed E-state index contributed by atoms with van der Waals surface area (Å²) in [7, 11) is -3.88. The van der Waals surface area contributed by atoms with Crippen molar-refractivity contribution in [2.75, 3.05) is 11.4 Å². The summed E-state index contributed by atoms with van der Waals surface area (Å²) in [6.07, 6.45) is 3.25. The van der Waals surface area contributed by atoms with Crippen LogP contribution in [0, 0.1) is 0 Å². The summed E-state index contributed by atoms with van der Waals surface area (Å²) in [6, 6.07) is 18.6. The van der Waals surface area contributed by atoms with Gasteiger partial charge in [-0.15, -0.1) is 0 Å². The van der Waals surface area contributed by atoms with Crippen LogP contribution in [0.4, 0.5) is 5.69 Å². The van der Waals surface area contributed by atoms with E-state index in [1.54, 1.807) is 23.1 Å². The maximum Gasteiger partial charge on any atom is 0.258 e. The molecule has 2 aliphatic heterocycles. The van der Waals surface area contributed by atoms with Crippen molar-refractivity contribution >= 4 is 27.2 Å². The van der Waals surface area contributed by atoms with E-state index in [2.05, 4.69) is 6.07 Å². The second-order valence-electron chi connectivity index (χ2n) is 8.58. The highest BCUT2D eigenvalue weighted by Gasteiger charge is 2.48. The largest absolute Gasteiger partial charge is 0.307 e. The Morgan fingerprint density at radius 1 is 0.871 bits per heavy atom. The summed E-state index contributed by atoms with van der Waals surface area (Å²) in [5, 5.41) is 0. The number of hydrogen-bond acceptors (Lipinski definition) is 4. The van der Waals surface area contributed by atoms with Crippen molar-refractivity contribution in [3.05, 3.63) is 89.0 Å². The fourth-order valence-corrected chi connectivity index (χ4v) is 6.89. The van der Waals surface area contributed by atoms with Crippen molar-refractivity contribution in [3.63, 3.8) is 0 Å². The molecule has 0 bridgehead atoms. The fraction of sp³-hybridized carbons (Fsp3) is 0.200. The van der Waals surface area contributed by atoms with Crippen LogP contribution in [0.3, 0.4) is 0 Å². The van der Waals surface area contributed by atoms with E-state index >= 15 is 0 Å². The van der Waals surface area contributed by atoms with Crippen molar-refractivity contribution < 1.29 is 18.0 Å². The SMILES string of the molecule is O=C1c2ccccc2S(=O)(=O)c2cc(C(=O)N3CC4(CCC4)c4ccccc43)ccc21. The minimum Gasteiger partial charge on any atom is -0.307 e. The maximum absolute atomic E-state index is 13.5. The van der Waals surface area contributed by atoms with Crippen molar-refractivity contribution in [1.82, 2.24) is 0 Å². The van der Waals surface area contributed by atoms with Gasteiger partial charge in [-0.25, -0.2) is 8.42 Å². The Hall–Kier alpha value is -3.25. The van der Waals surface area contributed by atoms with Crippen LogP contribution in [-0.4, -0.2) is 26.7 Å². The maximum atomic E-state index is 13.5. The number of hydrogen-bond donors (Lipinski definition) is 0. The molecule has 0 saturated heterocycles. The Kier molecular flexibility index (Phi) is 3.67. The average molecular weight is 429 g/mol. The molecule has 0 N–H and O–H groups in total.